The lowest BCUT2D eigenvalue weighted by atomic mass is 9.78. The molecule has 154 valence electrons. The van der Waals surface area contributed by atoms with E-state index >= 15 is 0 Å². The van der Waals surface area contributed by atoms with Gasteiger partial charge in [-0.25, -0.2) is 0 Å². The van der Waals surface area contributed by atoms with Crippen LogP contribution >= 0.6 is 23.4 Å². The molecule has 28 heavy (non-hydrogen) atoms. The number of carbonyl (C=O) groups is 1. The van der Waals surface area contributed by atoms with Crippen molar-refractivity contribution in [1.82, 2.24) is 19.9 Å². The summed E-state index contributed by atoms with van der Waals surface area (Å²) in [6.07, 6.45) is -0.468. The lowest BCUT2D eigenvalue weighted by molar-refractivity contribution is -0.137. The van der Waals surface area contributed by atoms with Gasteiger partial charge in [-0.2, -0.15) is 13.2 Å². The minimum Gasteiger partial charge on any atom is -0.352 e. The van der Waals surface area contributed by atoms with Crippen molar-refractivity contribution in [3.63, 3.8) is 0 Å². The molecule has 1 saturated carbocycles. The molecule has 0 aliphatic heterocycles. The number of aromatic nitrogens is 3. The quantitative estimate of drug-likeness (QED) is 0.700. The lowest BCUT2D eigenvalue weighted by Crippen LogP contribution is -2.46. The normalized spacial score (nSPS) is 24.3. The highest BCUT2D eigenvalue weighted by atomic mass is 35.5. The first kappa shape index (κ1) is 21.2. The molecule has 2 aromatic rings. The Morgan fingerprint density at radius 3 is 2.75 bits per heavy atom. The van der Waals surface area contributed by atoms with Crippen LogP contribution in [-0.4, -0.2) is 31.8 Å². The maximum atomic E-state index is 13.1. The number of amides is 1. The Morgan fingerprint density at radius 2 is 2.07 bits per heavy atom. The Labute approximate surface area is 170 Å². The van der Waals surface area contributed by atoms with Crippen molar-refractivity contribution >= 4 is 34.9 Å². The number of rotatable bonds is 4. The number of hydrogen-bond acceptors (Lipinski definition) is 4. The van der Waals surface area contributed by atoms with Gasteiger partial charge in [-0.05, 0) is 31.2 Å². The van der Waals surface area contributed by atoms with Crippen molar-refractivity contribution < 1.29 is 18.0 Å². The zero-order valence-corrected chi connectivity index (χ0v) is 17.3. The first-order chi connectivity index (χ1) is 13.1. The molecule has 1 aliphatic carbocycles. The van der Waals surface area contributed by atoms with Crippen LogP contribution in [-0.2, 0) is 11.0 Å². The molecule has 4 atom stereocenters. The lowest BCUT2D eigenvalue weighted by Gasteiger charge is -2.35. The number of nitrogens with zero attached hydrogens (tertiary/aromatic N) is 3. The first-order valence-corrected chi connectivity index (χ1v) is 10.4. The van der Waals surface area contributed by atoms with Gasteiger partial charge in [0.1, 0.15) is 0 Å². The third kappa shape index (κ3) is 4.40. The van der Waals surface area contributed by atoms with Gasteiger partial charge in [0.2, 0.25) is 5.91 Å². The molecule has 2 aromatic heterocycles. The Balaban J connectivity index is 1.76. The molecule has 0 bridgehead atoms. The maximum absolute atomic E-state index is 13.1. The van der Waals surface area contributed by atoms with E-state index in [0.29, 0.717) is 11.8 Å². The van der Waals surface area contributed by atoms with Crippen LogP contribution in [0.15, 0.2) is 17.4 Å². The van der Waals surface area contributed by atoms with Gasteiger partial charge in [0.15, 0.2) is 10.8 Å². The zero-order valence-electron chi connectivity index (χ0n) is 15.8. The average Bonchev–Trinajstić information content (AvgIpc) is 3.01. The number of fused-ring (bicyclic) bond motifs is 1. The second-order valence-corrected chi connectivity index (χ2v) is 9.11. The monoisotopic (exact) mass is 434 g/mol. The Hall–Kier alpha value is -1.48. The van der Waals surface area contributed by atoms with Gasteiger partial charge < -0.3 is 5.32 Å². The number of thioether (sulfide) groups is 1. The summed E-state index contributed by atoms with van der Waals surface area (Å²) in [5.74, 6) is 0.771. The average molecular weight is 435 g/mol. The number of nitrogens with one attached hydrogen (secondary N) is 1. The fraction of sp³-hybridized carbons (Fsp3) is 0.611. The van der Waals surface area contributed by atoms with Crippen molar-refractivity contribution in [2.24, 2.45) is 11.8 Å². The Bertz CT molecular complexity index is 872. The zero-order chi connectivity index (χ0) is 20.6. The molecule has 1 aliphatic rings. The SMILES string of the molecule is C[C@H]1[C@H](C)CCC[C@H]1NC(=O)[C@@H](C)Sc1nnc2c(Cl)cc(C(F)(F)F)cn12. The van der Waals surface area contributed by atoms with E-state index in [1.165, 1.54) is 4.40 Å². The van der Waals surface area contributed by atoms with Gasteiger partial charge in [0.25, 0.3) is 0 Å². The maximum Gasteiger partial charge on any atom is 0.417 e. The third-order valence-electron chi connectivity index (χ3n) is 5.44. The fourth-order valence-electron chi connectivity index (χ4n) is 3.47. The molecule has 1 N–H and O–H groups in total. The van der Waals surface area contributed by atoms with Crippen LogP contribution in [0.1, 0.15) is 45.6 Å². The summed E-state index contributed by atoms with van der Waals surface area (Å²) >= 11 is 6.99. The summed E-state index contributed by atoms with van der Waals surface area (Å²) < 4.78 is 40.4. The molecule has 1 fully saturated rings. The molecule has 0 radical (unpaired) electrons. The van der Waals surface area contributed by atoms with Crippen LogP contribution in [0.25, 0.3) is 5.65 Å². The third-order valence-corrected chi connectivity index (χ3v) is 6.78. The van der Waals surface area contributed by atoms with Gasteiger partial charge in [0, 0.05) is 12.2 Å². The van der Waals surface area contributed by atoms with E-state index in [4.69, 9.17) is 11.6 Å². The number of pyridine rings is 1. The Kier molecular flexibility index (Phi) is 6.14. The molecule has 2 heterocycles. The van der Waals surface area contributed by atoms with Gasteiger partial charge >= 0.3 is 6.18 Å². The first-order valence-electron chi connectivity index (χ1n) is 9.16. The molecule has 0 saturated heterocycles. The van der Waals surface area contributed by atoms with E-state index in [9.17, 15) is 18.0 Å². The number of halogens is 4. The van der Waals surface area contributed by atoms with E-state index in [0.717, 1.165) is 43.3 Å². The molecule has 0 unspecified atom stereocenters. The minimum absolute atomic E-state index is 0.112. The molecular formula is C18H22ClF3N4OS. The van der Waals surface area contributed by atoms with Crippen molar-refractivity contribution in [1.29, 1.82) is 0 Å². The van der Waals surface area contributed by atoms with E-state index in [1.54, 1.807) is 6.92 Å². The molecule has 10 heteroatoms. The summed E-state index contributed by atoms with van der Waals surface area (Å²) in [6, 6.07) is 0.933. The predicted octanol–water partition coefficient (Wildman–Crippen LogP) is 4.82. The second-order valence-electron chi connectivity index (χ2n) is 7.39. The van der Waals surface area contributed by atoms with Crippen LogP contribution in [0, 0.1) is 11.8 Å². The van der Waals surface area contributed by atoms with Crippen LogP contribution < -0.4 is 5.32 Å². The summed E-state index contributed by atoms with van der Waals surface area (Å²) in [4.78, 5) is 12.6. The highest BCUT2D eigenvalue weighted by molar-refractivity contribution is 8.00. The van der Waals surface area contributed by atoms with Gasteiger partial charge in [-0.15, -0.1) is 10.2 Å². The molecule has 3 rings (SSSR count). The highest BCUT2D eigenvalue weighted by Gasteiger charge is 2.33. The largest absolute Gasteiger partial charge is 0.417 e. The molecule has 0 aromatic carbocycles. The van der Waals surface area contributed by atoms with Crippen molar-refractivity contribution in [3.05, 3.63) is 22.8 Å². The molecule has 5 nitrogen and oxygen atoms in total. The van der Waals surface area contributed by atoms with Gasteiger partial charge in [-0.1, -0.05) is 50.1 Å². The standard InChI is InChI=1S/C18H22ClF3N4OS/c1-9-5-4-6-14(10(9)2)23-16(27)11(3)28-17-25-24-15-13(19)7-12(8-26(15)17)18(20,21)22/h7-11,14H,4-6H2,1-3H3,(H,23,27)/t9-,10+,11-,14-/m1/s1. The van der Waals surface area contributed by atoms with Crippen LogP contribution in [0.3, 0.4) is 0 Å². The summed E-state index contributed by atoms with van der Waals surface area (Å²) in [6.45, 7) is 6.03. The second kappa shape index (κ2) is 8.10. The van der Waals surface area contributed by atoms with Gasteiger partial charge in [-0.3, -0.25) is 9.20 Å². The van der Waals surface area contributed by atoms with Crippen molar-refractivity contribution in [2.45, 2.75) is 62.7 Å². The van der Waals surface area contributed by atoms with Crippen molar-refractivity contribution in [3.8, 4) is 0 Å². The van der Waals surface area contributed by atoms with Crippen LogP contribution in [0.5, 0.6) is 0 Å². The summed E-state index contributed by atoms with van der Waals surface area (Å²) in [5, 5.41) is 10.4. The molecule has 1 amide bonds. The van der Waals surface area contributed by atoms with E-state index in [2.05, 4.69) is 29.4 Å². The topological polar surface area (TPSA) is 59.3 Å². The van der Waals surface area contributed by atoms with E-state index < -0.39 is 17.0 Å². The molecular weight excluding hydrogens is 413 g/mol. The number of carbonyl (C=O) groups excluding carboxylic acids is 1. The summed E-state index contributed by atoms with van der Waals surface area (Å²) in [7, 11) is 0. The highest BCUT2D eigenvalue weighted by Crippen LogP contribution is 2.34. The van der Waals surface area contributed by atoms with Crippen LogP contribution in [0.2, 0.25) is 5.02 Å². The van der Waals surface area contributed by atoms with E-state index in [-0.39, 0.29) is 27.8 Å². The Morgan fingerprint density at radius 1 is 1.36 bits per heavy atom. The van der Waals surface area contributed by atoms with Gasteiger partial charge in [0.05, 0.1) is 15.8 Å². The van der Waals surface area contributed by atoms with Crippen molar-refractivity contribution in [2.75, 3.05) is 0 Å². The smallest absolute Gasteiger partial charge is 0.352 e. The van der Waals surface area contributed by atoms with Crippen LogP contribution in [0.4, 0.5) is 13.2 Å². The molecule has 0 spiro atoms. The van der Waals surface area contributed by atoms with E-state index in [1.807, 2.05) is 0 Å². The minimum atomic E-state index is -4.54. The number of hydrogen-bond donors (Lipinski definition) is 1. The predicted molar refractivity (Wildman–Crippen MR) is 102 cm³/mol. The fourth-order valence-corrected chi connectivity index (χ4v) is 4.54. The number of alkyl halides is 3. The summed E-state index contributed by atoms with van der Waals surface area (Å²) in [5.41, 5.74) is -0.770.